The summed E-state index contributed by atoms with van der Waals surface area (Å²) in [6.45, 7) is 0.0637. The number of thioether (sulfide) groups is 1. The minimum absolute atomic E-state index is 0.0194. The van der Waals surface area contributed by atoms with Crippen LogP contribution in [-0.2, 0) is 20.9 Å². The fraction of sp³-hybridized carbons (Fsp3) is 0.281. The first-order valence-corrected chi connectivity index (χ1v) is 16.0. The highest BCUT2D eigenvalue weighted by atomic mass is 32.2. The van der Waals surface area contributed by atoms with Gasteiger partial charge in [0.2, 0.25) is 5.91 Å². The van der Waals surface area contributed by atoms with E-state index in [9.17, 15) is 19.5 Å². The van der Waals surface area contributed by atoms with E-state index >= 15 is 0 Å². The minimum Gasteiger partial charge on any atom is -0.489 e. The van der Waals surface area contributed by atoms with E-state index < -0.39 is 24.0 Å². The maximum atomic E-state index is 13.6. The van der Waals surface area contributed by atoms with Crippen LogP contribution in [0.4, 0.5) is 27.5 Å². The summed E-state index contributed by atoms with van der Waals surface area (Å²) in [5, 5.41) is 9.38. The van der Waals surface area contributed by atoms with Gasteiger partial charge in [0, 0.05) is 60.7 Å². The van der Waals surface area contributed by atoms with E-state index in [4.69, 9.17) is 15.2 Å². The molecule has 0 unspecified atom stereocenters. The molecule has 0 aromatic heterocycles. The molecule has 13 heteroatoms. The molecule has 0 saturated carbocycles. The lowest BCUT2D eigenvalue weighted by Gasteiger charge is -2.47. The van der Waals surface area contributed by atoms with E-state index in [-0.39, 0.29) is 24.3 Å². The topological polar surface area (TPSA) is 129 Å². The van der Waals surface area contributed by atoms with Gasteiger partial charge in [0.25, 0.3) is 0 Å². The number of carbonyl (C=O) groups is 3. The summed E-state index contributed by atoms with van der Waals surface area (Å²) in [6, 6.07) is 18.4. The quantitative estimate of drug-likeness (QED) is 0.330. The maximum Gasteiger partial charge on any atom is 0.419 e. The van der Waals surface area contributed by atoms with Gasteiger partial charge >= 0.3 is 12.1 Å². The normalized spacial score (nSPS) is 18.4. The van der Waals surface area contributed by atoms with Crippen molar-refractivity contribution in [1.29, 1.82) is 0 Å². The molecule has 3 aromatic carbocycles. The Kier molecular flexibility index (Phi) is 8.33. The fourth-order valence-corrected chi connectivity index (χ4v) is 7.69. The molecular weight excluding hydrogens is 615 g/mol. The molecule has 3 N–H and O–H groups in total. The van der Waals surface area contributed by atoms with Crippen molar-refractivity contribution >= 4 is 64.2 Å². The van der Waals surface area contributed by atoms with Gasteiger partial charge in [-0.1, -0.05) is 23.9 Å². The zero-order valence-corrected chi connectivity index (χ0v) is 26.9. The van der Waals surface area contributed by atoms with Gasteiger partial charge in [-0.2, -0.15) is 0 Å². The molecule has 2 atom stereocenters. The predicted octanol–water partition coefficient (Wildman–Crippen LogP) is 4.72. The largest absolute Gasteiger partial charge is 0.489 e. The van der Waals surface area contributed by atoms with E-state index in [0.717, 1.165) is 38.1 Å². The second kappa shape index (κ2) is 12.2. The maximum absolute atomic E-state index is 13.6. The summed E-state index contributed by atoms with van der Waals surface area (Å²) < 4.78 is 11.7. The van der Waals surface area contributed by atoms with Crippen LogP contribution >= 0.6 is 23.5 Å². The molecular formula is C32H33N5O6S2. The number of hydrogen-bond donors (Lipinski definition) is 2. The second-order valence-corrected chi connectivity index (χ2v) is 13.4. The molecule has 3 aromatic rings. The molecule has 11 nitrogen and oxygen atoms in total. The molecule has 234 valence electrons. The highest BCUT2D eigenvalue weighted by Crippen LogP contribution is 2.50. The smallest absolute Gasteiger partial charge is 0.419 e. The molecule has 0 spiro atoms. The second-order valence-electron chi connectivity index (χ2n) is 11.2. The summed E-state index contributed by atoms with van der Waals surface area (Å²) >= 11 is 3.05. The van der Waals surface area contributed by atoms with Crippen LogP contribution in [0.2, 0.25) is 0 Å². The van der Waals surface area contributed by atoms with Crippen LogP contribution in [0.3, 0.4) is 0 Å². The van der Waals surface area contributed by atoms with Crippen LogP contribution in [-0.4, -0.2) is 79.9 Å². The molecule has 1 fully saturated rings. The summed E-state index contributed by atoms with van der Waals surface area (Å²) in [4.78, 5) is 46.5. The summed E-state index contributed by atoms with van der Waals surface area (Å²) in [5.74, 6) is -0.644. The average Bonchev–Trinajstić information content (AvgIpc) is 3.03. The van der Waals surface area contributed by atoms with Crippen molar-refractivity contribution in [3.05, 3.63) is 77.5 Å². The van der Waals surface area contributed by atoms with E-state index in [1.807, 2.05) is 62.3 Å². The Morgan fingerprint density at radius 1 is 0.933 bits per heavy atom. The molecule has 3 aliphatic rings. The molecule has 6 rings (SSSR count). The van der Waals surface area contributed by atoms with Crippen molar-refractivity contribution in [3.8, 4) is 5.75 Å². The highest BCUT2D eigenvalue weighted by molar-refractivity contribution is 8.00. The number of fused-ring (bicyclic) bond motifs is 3. The first kappa shape index (κ1) is 30.7. The van der Waals surface area contributed by atoms with Crippen LogP contribution in [0.5, 0.6) is 5.75 Å². The number of carboxylic acids is 1. The van der Waals surface area contributed by atoms with Gasteiger partial charge in [0.15, 0.2) is 0 Å². The lowest BCUT2D eigenvalue weighted by molar-refractivity contribution is -0.148. The van der Waals surface area contributed by atoms with E-state index in [2.05, 4.69) is 12.1 Å². The Balaban J connectivity index is 1.14. The third kappa shape index (κ3) is 5.78. The van der Waals surface area contributed by atoms with Crippen LogP contribution in [0.1, 0.15) is 5.56 Å². The Hall–Kier alpha value is -4.33. The van der Waals surface area contributed by atoms with E-state index in [1.54, 1.807) is 40.9 Å². The summed E-state index contributed by atoms with van der Waals surface area (Å²) in [7, 11) is 7.92. The van der Waals surface area contributed by atoms with Crippen molar-refractivity contribution in [1.82, 2.24) is 4.90 Å². The molecule has 3 heterocycles. The number of β-lactam (4-membered cyclic amide) rings is 1. The molecule has 3 aliphatic heterocycles. The number of aliphatic carboxylic acids is 1. The Labute approximate surface area is 269 Å². The Morgan fingerprint density at radius 3 is 2.09 bits per heavy atom. The SMILES string of the molecule is CN(C)c1ccc2c(c1)Sc1cc(N(C)C)ccc1N2C(=O)OCc1ccc(OCC2=C(C(=O)O)N3C(=O)[C@@H](N)[C@H]3SC2)cc1. The standard InChI is InChI=1S/C32H33N5O6S2/c1-34(2)20-7-11-23-25(13-20)45-26-14-21(35(3)4)8-12-24(26)36(23)32(41)43-15-18-5-9-22(10-6-18)42-16-19-17-44-30-27(33)29(38)37(30)28(19)31(39)40/h5-14,27,30H,15-17,33H2,1-4H3,(H,39,40)/t27-,30-/m1/s1. The molecule has 45 heavy (non-hydrogen) atoms. The van der Waals surface area contributed by atoms with Crippen LogP contribution < -0.4 is 25.2 Å². The number of hydrogen-bond acceptors (Lipinski definition) is 10. The van der Waals surface area contributed by atoms with Gasteiger partial charge in [-0.25, -0.2) is 14.5 Å². The van der Waals surface area contributed by atoms with Gasteiger partial charge in [0.1, 0.15) is 36.1 Å². The van der Waals surface area contributed by atoms with Gasteiger partial charge < -0.3 is 30.1 Å². The molecule has 0 bridgehead atoms. The third-order valence-corrected chi connectivity index (χ3v) is 10.2. The van der Waals surface area contributed by atoms with Gasteiger partial charge in [0.05, 0.1) is 11.4 Å². The van der Waals surface area contributed by atoms with E-state index in [0.29, 0.717) is 17.1 Å². The predicted molar refractivity (Wildman–Crippen MR) is 176 cm³/mol. The van der Waals surface area contributed by atoms with Crippen molar-refractivity contribution < 1.29 is 29.0 Å². The molecule has 0 radical (unpaired) electrons. The number of amides is 2. The van der Waals surface area contributed by atoms with Gasteiger partial charge in [-0.05, 0) is 54.1 Å². The number of nitrogens with two attached hydrogens (primary N) is 1. The molecule has 2 amide bonds. The third-order valence-electron chi connectivity index (χ3n) is 7.79. The minimum atomic E-state index is -1.18. The lowest BCUT2D eigenvalue weighted by Crippen LogP contribution is -2.68. The van der Waals surface area contributed by atoms with Crippen LogP contribution in [0.15, 0.2) is 81.7 Å². The monoisotopic (exact) mass is 647 g/mol. The van der Waals surface area contributed by atoms with Crippen LogP contribution in [0.25, 0.3) is 0 Å². The number of benzene rings is 3. The molecule has 0 aliphatic carbocycles. The Bertz CT molecular complexity index is 1650. The first-order chi connectivity index (χ1) is 21.5. The number of carbonyl (C=O) groups excluding carboxylic acids is 2. The zero-order chi connectivity index (χ0) is 32.0. The zero-order valence-electron chi connectivity index (χ0n) is 25.2. The van der Waals surface area contributed by atoms with Gasteiger partial charge in [-0.15, -0.1) is 11.8 Å². The average molecular weight is 648 g/mol. The first-order valence-electron chi connectivity index (χ1n) is 14.2. The Morgan fingerprint density at radius 2 is 1.53 bits per heavy atom. The lowest BCUT2D eigenvalue weighted by atomic mass is 10.0. The summed E-state index contributed by atoms with van der Waals surface area (Å²) in [5.41, 5.74) is 10.6. The fourth-order valence-electron chi connectivity index (χ4n) is 5.29. The van der Waals surface area contributed by atoms with Crippen LogP contribution in [0, 0.1) is 0 Å². The highest BCUT2D eigenvalue weighted by Gasteiger charge is 2.51. The van der Waals surface area contributed by atoms with Crippen molar-refractivity contribution in [2.45, 2.75) is 27.8 Å². The number of carboxylic acid groups (broad SMARTS) is 1. The van der Waals surface area contributed by atoms with Gasteiger partial charge in [-0.3, -0.25) is 9.69 Å². The van der Waals surface area contributed by atoms with E-state index in [1.165, 1.54) is 16.7 Å². The number of anilines is 4. The molecule has 1 saturated heterocycles. The van der Waals surface area contributed by atoms with Crippen molar-refractivity contribution in [3.63, 3.8) is 0 Å². The number of ether oxygens (including phenoxy) is 2. The number of rotatable bonds is 8. The van der Waals surface area contributed by atoms with Crippen molar-refractivity contribution in [2.75, 3.05) is 55.3 Å². The van der Waals surface area contributed by atoms with Crippen molar-refractivity contribution in [2.24, 2.45) is 5.73 Å². The number of nitrogens with zero attached hydrogens (tertiary/aromatic N) is 4. The summed E-state index contributed by atoms with van der Waals surface area (Å²) in [6.07, 6.45) is -0.491.